The minimum absolute atomic E-state index is 0.154. The van der Waals surface area contributed by atoms with Crippen LogP contribution < -0.4 is 10.6 Å². The van der Waals surface area contributed by atoms with E-state index in [4.69, 9.17) is 37.9 Å². The van der Waals surface area contributed by atoms with Crippen LogP contribution in [0, 0.1) is 17.8 Å². The molecule has 19 N–H and O–H groups in total. The van der Waals surface area contributed by atoms with E-state index in [0.717, 1.165) is 0 Å². The van der Waals surface area contributed by atoms with Gasteiger partial charge in [-0.2, -0.15) is 0 Å². The van der Waals surface area contributed by atoms with E-state index in [-0.39, 0.29) is 38.1 Å². The van der Waals surface area contributed by atoms with Crippen molar-refractivity contribution in [2.75, 3.05) is 59.2 Å². The fourth-order valence-electron chi connectivity index (χ4n) is 12.5. The fourth-order valence-corrected chi connectivity index (χ4v) is 12.5. The number of carbonyl (C=O) groups is 2. The van der Waals surface area contributed by atoms with Gasteiger partial charge in [-0.05, 0) is 46.1 Å². The maximum absolute atomic E-state index is 14.4. The third kappa shape index (κ3) is 24.1. The lowest BCUT2D eigenvalue weighted by Gasteiger charge is -2.48. The normalized spacial score (nSPS) is 43.2. The lowest BCUT2D eigenvalue weighted by atomic mass is 9.82. The molecule has 0 aromatic heterocycles. The topological polar surface area (TPSA) is 479 Å². The van der Waals surface area contributed by atoms with Gasteiger partial charge in [0.25, 0.3) is 0 Å². The number of hydrogen-bond acceptors (Lipinski definition) is 29. The Labute approximate surface area is 559 Å². The SMILES string of the molecule is C[C@@H]1[C@H](O)[C@@H](C)C=CC=CC=CC=CC=CC=CC=C[C@H](OC2O[C@H](C)[C@@H](O)[C@H](NC[C@@]3(O)OC[C@@H](O)[C@@H](OC4O[C@H](CO)[C@@H](O)[C@H](O)[C@H]4O)[C@@H]3O)[C@@H]2O)CC2O[C@](O)(C[C@@H](O)C[C@@H](O)[C@H](O)CC[C@@H](O)C[C@@H](O)CC(=O)O[C@H]1C)C[C@H](O)C2C(=O)NCCCN1CCOCC1. The molecule has 4 unspecified atom stereocenters. The van der Waals surface area contributed by atoms with Crippen molar-refractivity contribution in [1.29, 1.82) is 0 Å². The molecule has 6 rings (SSSR count). The number of esters is 1. The summed E-state index contributed by atoms with van der Waals surface area (Å²) in [6.45, 7) is 7.61. The summed E-state index contributed by atoms with van der Waals surface area (Å²) in [6.07, 6.45) is -13.1. The maximum atomic E-state index is 14.4. The molecule has 0 saturated carbocycles. The van der Waals surface area contributed by atoms with E-state index in [2.05, 4.69) is 15.5 Å². The van der Waals surface area contributed by atoms with Crippen LogP contribution in [0.5, 0.6) is 0 Å². The largest absolute Gasteiger partial charge is 0.462 e. The molecule has 0 aromatic rings. The first-order valence-electron chi connectivity index (χ1n) is 33.3. The summed E-state index contributed by atoms with van der Waals surface area (Å²) in [6, 6.07) is -1.47. The van der Waals surface area contributed by atoms with Crippen LogP contribution in [0.25, 0.3) is 0 Å². The molecule has 5 fully saturated rings. The van der Waals surface area contributed by atoms with Gasteiger partial charge in [0.05, 0.1) is 118 Å². The van der Waals surface area contributed by atoms with Gasteiger partial charge in [0, 0.05) is 57.2 Å². The first kappa shape index (κ1) is 81.0. The van der Waals surface area contributed by atoms with Crippen molar-refractivity contribution in [2.24, 2.45) is 17.8 Å². The molecule has 30 heteroatoms. The van der Waals surface area contributed by atoms with Crippen molar-refractivity contribution in [3.8, 4) is 0 Å². The standard InChI is InChI=1S/C66H107N3O27/c1-37-18-15-13-11-9-7-5-6-8-10-12-14-16-19-44(93-63-57(82)53(55(80)40(4)92-63)68-36-66(88)61(85)60(48(77)35-90-66)95-64-59(84)58(83)56(81)50(34-70)94-64)31-49-52(62(86)67-22-17-23-69-24-26-89-27-25-69)47(76)33-65(87,96-49)32-43(73)29-46(75)45(74)21-20-41(71)28-42(72)30-51(78)91-39(3)38(2)54(37)79/h5-16,18-19,37-50,52-61,63-64,68,70-77,79-85,87-88H,17,20-36H2,1-4H3,(H,67,86)/t37-,38-,39-,40+,41+,42+,43-,44-,45+,46+,47-,48+,49?,50+,52?,53-,54+,55+,56+,57-,58-,59+,60+,61-,63?,64?,65+,66+/m0/s1. The Morgan fingerprint density at radius 3 is 1.91 bits per heavy atom. The number of fused-ring (bicyclic) bond motifs is 2. The third-order valence-electron chi connectivity index (χ3n) is 18.4. The second-order valence-electron chi connectivity index (χ2n) is 26.1. The molecular weight excluding hydrogens is 1270 g/mol. The van der Waals surface area contributed by atoms with Gasteiger partial charge in [-0.25, -0.2) is 0 Å². The maximum Gasteiger partial charge on any atom is 0.308 e. The van der Waals surface area contributed by atoms with Gasteiger partial charge in [0.15, 0.2) is 18.4 Å². The molecule has 28 atom stereocenters. The monoisotopic (exact) mass is 1370 g/mol. The molecule has 0 spiro atoms. The summed E-state index contributed by atoms with van der Waals surface area (Å²) in [5.41, 5.74) is 0. The average molecular weight is 1370 g/mol. The van der Waals surface area contributed by atoms with Crippen molar-refractivity contribution in [3.05, 3.63) is 85.1 Å². The number of hydrogen-bond donors (Lipinski definition) is 19. The van der Waals surface area contributed by atoms with Crippen LogP contribution in [0.15, 0.2) is 85.1 Å². The van der Waals surface area contributed by atoms with E-state index in [1.807, 2.05) is 6.92 Å². The predicted octanol–water partition coefficient (Wildman–Crippen LogP) is -4.28. The van der Waals surface area contributed by atoms with Gasteiger partial charge in [-0.1, -0.05) is 98.9 Å². The smallest absolute Gasteiger partial charge is 0.308 e. The molecule has 30 nitrogen and oxygen atoms in total. The minimum atomic E-state index is -2.68. The van der Waals surface area contributed by atoms with Crippen LogP contribution >= 0.6 is 0 Å². The molecule has 6 heterocycles. The summed E-state index contributed by atoms with van der Waals surface area (Å²) in [5.74, 6) is -8.76. The van der Waals surface area contributed by atoms with Crippen LogP contribution in [0.1, 0.15) is 85.5 Å². The number of allylic oxidation sites excluding steroid dienone is 12. The number of carbonyl (C=O) groups excluding carboxylic acids is 2. The van der Waals surface area contributed by atoms with E-state index in [9.17, 15) is 96.4 Å². The number of nitrogens with one attached hydrogen (secondary N) is 2. The quantitative estimate of drug-likeness (QED) is 0.0613. The molecule has 548 valence electrons. The van der Waals surface area contributed by atoms with Gasteiger partial charge in [0.1, 0.15) is 54.9 Å². The second kappa shape index (κ2) is 39.3. The Kier molecular flexibility index (Phi) is 33.2. The second-order valence-corrected chi connectivity index (χ2v) is 26.1. The Morgan fingerprint density at radius 1 is 0.635 bits per heavy atom. The summed E-state index contributed by atoms with van der Waals surface area (Å²) < 4.78 is 46.4. The van der Waals surface area contributed by atoms with E-state index in [0.29, 0.717) is 39.3 Å². The van der Waals surface area contributed by atoms with E-state index >= 15 is 0 Å². The first-order chi connectivity index (χ1) is 45.5. The summed E-state index contributed by atoms with van der Waals surface area (Å²) in [7, 11) is 0. The number of morpholine rings is 1. The molecule has 0 radical (unpaired) electrons. The fraction of sp³-hybridized carbons (Fsp3) is 0.758. The van der Waals surface area contributed by atoms with Crippen LogP contribution in [0.2, 0.25) is 0 Å². The zero-order valence-corrected chi connectivity index (χ0v) is 55.0. The van der Waals surface area contributed by atoms with Crippen molar-refractivity contribution in [3.63, 3.8) is 0 Å². The molecule has 0 aliphatic carbocycles. The summed E-state index contributed by atoms with van der Waals surface area (Å²) in [5, 5.41) is 194. The number of nitrogens with zero attached hydrogens (tertiary/aromatic N) is 1. The molecular formula is C66H107N3O27. The van der Waals surface area contributed by atoms with Crippen LogP contribution in [-0.4, -0.2) is 315 Å². The highest BCUT2D eigenvalue weighted by molar-refractivity contribution is 5.80. The van der Waals surface area contributed by atoms with E-state index in [1.165, 1.54) is 13.0 Å². The zero-order chi connectivity index (χ0) is 70.4. The van der Waals surface area contributed by atoms with Gasteiger partial charge in [-0.15, -0.1) is 0 Å². The highest BCUT2D eigenvalue weighted by Crippen LogP contribution is 2.39. The molecule has 1 amide bonds. The number of cyclic esters (lactones) is 1. The lowest BCUT2D eigenvalue weighted by Crippen LogP contribution is -2.70. The van der Waals surface area contributed by atoms with Crippen molar-refractivity contribution in [1.82, 2.24) is 15.5 Å². The highest BCUT2D eigenvalue weighted by Gasteiger charge is 2.55. The number of aliphatic hydroxyl groups is 17. The average Bonchev–Trinajstić information content (AvgIpc) is 0.790. The summed E-state index contributed by atoms with van der Waals surface area (Å²) >= 11 is 0. The van der Waals surface area contributed by atoms with Gasteiger partial charge in [-0.3, -0.25) is 14.5 Å². The molecule has 6 aliphatic rings. The third-order valence-corrected chi connectivity index (χ3v) is 18.4. The predicted molar refractivity (Wildman–Crippen MR) is 340 cm³/mol. The Hall–Kier alpha value is -3.92. The van der Waals surface area contributed by atoms with Crippen LogP contribution in [0.4, 0.5) is 0 Å². The van der Waals surface area contributed by atoms with Crippen LogP contribution in [-0.2, 0) is 47.5 Å². The molecule has 96 heavy (non-hydrogen) atoms. The molecule has 2 bridgehead atoms. The Balaban J connectivity index is 1.26. The van der Waals surface area contributed by atoms with Gasteiger partial charge >= 0.3 is 5.97 Å². The summed E-state index contributed by atoms with van der Waals surface area (Å²) in [4.78, 5) is 29.4. The Bertz CT molecular complexity index is 2540. The van der Waals surface area contributed by atoms with E-state index in [1.54, 1.807) is 92.8 Å². The number of ether oxygens (including phenoxy) is 8. The van der Waals surface area contributed by atoms with Crippen LogP contribution in [0.3, 0.4) is 0 Å². The first-order valence-corrected chi connectivity index (χ1v) is 33.3. The highest BCUT2D eigenvalue weighted by atomic mass is 16.7. The van der Waals surface area contributed by atoms with Crippen molar-refractivity contribution < 1.29 is 134 Å². The van der Waals surface area contributed by atoms with Crippen molar-refractivity contribution >= 4 is 11.9 Å². The number of aliphatic hydroxyl groups excluding tert-OH is 15. The van der Waals surface area contributed by atoms with Gasteiger partial charge < -0.3 is 135 Å². The zero-order valence-electron chi connectivity index (χ0n) is 55.0. The number of amides is 1. The lowest BCUT2D eigenvalue weighted by molar-refractivity contribution is -0.368. The van der Waals surface area contributed by atoms with Crippen molar-refractivity contribution in [2.45, 2.75) is 238 Å². The molecule has 5 saturated heterocycles. The number of rotatable bonds is 13. The molecule has 6 aliphatic heterocycles. The minimum Gasteiger partial charge on any atom is -0.462 e. The van der Waals surface area contributed by atoms with Gasteiger partial charge in [0.2, 0.25) is 11.7 Å². The molecule has 0 aromatic carbocycles. The Morgan fingerprint density at radius 2 is 1.26 bits per heavy atom. The van der Waals surface area contributed by atoms with E-state index < -0.39 is 221 Å².